The summed E-state index contributed by atoms with van der Waals surface area (Å²) in [6.07, 6.45) is 3.81. The van der Waals surface area contributed by atoms with Crippen molar-refractivity contribution in [1.29, 1.82) is 0 Å². The molecule has 0 saturated heterocycles. The molecule has 0 atom stereocenters. The molecule has 0 spiro atoms. The molecule has 0 unspecified atom stereocenters. The zero-order valence-electron chi connectivity index (χ0n) is 24.8. The van der Waals surface area contributed by atoms with Gasteiger partial charge in [0.05, 0.1) is 8.07 Å². The van der Waals surface area contributed by atoms with Gasteiger partial charge in [-0.05, 0) is 57.2 Å². The van der Waals surface area contributed by atoms with Gasteiger partial charge >= 0.3 is 0 Å². The second-order valence-electron chi connectivity index (χ2n) is 11.1. The van der Waals surface area contributed by atoms with Crippen LogP contribution in [0.2, 0.25) is 19.6 Å². The van der Waals surface area contributed by atoms with Gasteiger partial charge in [0.15, 0.2) is 0 Å². The van der Waals surface area contributed by atoms with Gasteiger partial charge in [0.2, 0.25) is 0 Å². The SMILES string of the molecule is C[Si](C)(C)c1ccc(-c2[c-]cccc2)nc1.[2H]C(C)(C)c1ccnc(-c2[c-]ccc3c2sc2cc(C)ccc23)c1.[Ir]. The van der Waals surface area contributed by atoms with Gasteiger partial charge in [0, 0.05) is 38.6 Å². The molecular formula is C35H34IrN2SSi-2. The number of benzene rings is 3. The summed E-state index contributed by atoms with van der Waals surface area (Å²) in [6.45, 7) is 12.9. The van der Waals surface area contributed by atoms with E-state index >= 15 is 0 Å². The summed E-state index contributed by atoms with van der Waals surface area (Å²) in [5, 5.41) is 3.93. The summed E-state index contributed by atoms with van der Waals surface area (Å²) in [7, 11) is -1.23. The predicted molar refractivity (Wildman–Crippen MR) is 172 cm³/mol. The second-order valence-corrected chi connectivity index (χ2v) is 17.2. The minimum atomic E-state index is -1.23. The molecule has 3 heterocycles. The third kappa shape index (κ3) is 6.67. The maximum Gasteiger partial charge on any atom is 0.0795 e. The second kappa shape index (κ2) is 12.7. The molecule has 40 heavy (non-hydrogen) atoms. The predicted octanol–water partition coefficient (Wildman–Crippen LogP) is 9.44. The summed E-state index contributed by atoms with van der Waals surface area (Å²) in [6, 6.07) is 33.4. The zero-order chi connectivity index (χ0) is 28.5. The van der Waals surface area contributed by atoms with Crippen LogP contribution < -0.4 is 5.19 Å². The first kappa shape index (κ1) is 28.6. The average Bonchev–Trinajstić information content (AvgIpc) is 3.31. The average molecular weight is 736 g/mol. The van der Waals surface area contributed by atoms with Gasteiger partial charge in [0.25, 0.3) is 0 Å². The maximum atomic E-state index is 8.27. The van der Waals surface area contributed by atoms with Crippen molar-refractivity contribution in [3.63, 3.8) is 0 Å². The van der Waals surface area contributed by atoms with E-state index in [2.05, 4.69) is 85.1 Å². The number of nitrogens with zero attached hydrogens (tertiary/aromatic N) is 2. The molecule has 0 aliphatic heterocycles. The van der Waals surface area contributed by atoms with Crippen LogP contribution in [0.3, 0.4) is 0 Å². The van der Waals surface area contributed by atoms with E-state index in [0.717, 1.165) is 28.1 Å². The largest absolute Gasteiger partial charge is 0.305 e. The summed E-state index contributed by atoms with van der Waals surface area (Å²) in [4.78, 5) is 9.07. The number of thiophene rings is 1. The minimum absolute atomic E-state index is 0. The summed E-state index contributed by atoms with van der Waals surface area (Å²) < 4.78 is 10.8. The fraction of sp³-hybridized carbons (Fsp3) is 0.200. The molecule has 6 rings (SSSR count). The normalized spacial score (nSPS) is 11.9. The molecule has 0 fully saturated rings. The molecule has 0 aliphatic carbocycles. The Bertz CT molecular complexity index is 1770. The number of hydrogen-bond acceptors (Lipinski definition) is 3. The van der Waals surface area contributed by atoms with E-state index in [9.17, 15) is 0 Å². The number of aryl methyl sites for hydroxylation is 1. The monoisotopic (exact) mass is 736 g/mol. The van der Waals surface area contributed by atoms with Crippen LogP contribution in [0.15, 0.2) is 91.3 Å². The summed E-state index contributed by atoms with van der Waals surface area (Å²) in [5.41, 5.74) is 6.22. The third-order valence-corrected chi connectivity index (χ3v) is 10.0. The van der Waals surface area contributed by atoms with Crippen molar-refractivity contribution in [2.75, 3.05) is 0 Å². The summed E-state index contributed by atoms with van der Waals surface area (Å²) in [5.74, 6) is -0.636. The number of pyridine rings is 2. The molecular weight excluding hydrogens is 701 g/mol. The van der Waals surface area contributed by atoms with Crippen LogP contribution in [-0.2, 0) is 20.1 Å². The van der Waals surface area contributed by atoms with Gasteiger partial charge in [-0.25, -0.2) is 0 Å². The Morgan fingerprint density at radius 1 is 0.850 bits per heavy atom. The molecule has 3 aromatic carbocycles. The Hall–Kier alpha value is -2.95. The Labute approximate surface area is 258 Å². The molecule has 0 bridgehead atoms. The standard InChI is InChI=1S/C21H18NS.C14H16NSi.Ir/c1-13(2)15-9-10-22-19(12-15)18-6-4-5-17-16-8-7-14(3)11-20(16)23-21(17)18;1-16(2,3)13-9-10-14(15-11-13)12-7-5-4-6-8-12;/h4-5,7-13H,1-3H3;4-7,9-11H,1-3H3;/q2*-1;/i13D;;. The Morgan fingerprint density at radius 2 is 1.68 bits per heavy atom. The Morgan fingerprint density at radius 3 is 2.35 bits per heavy atom. The van der Waals surface area contributed by atoms with Crippen LogP contribution in [0.4, 0.5) is 0 Å². The van der Waals surface area contributed by atoms with Crippen molar-refractivity contribution in [3.8, 4) is 22.5 Å². The van der Waals surface area contributed by atoms with Gasteiger partial charge in [-0.3, -0.25) is 0 Å². The van der Waals surface area contributed by atoms with E-state index < -0.39 is 14.0 Å². The molecule has 0 amide bonds. The van der Waals surface area contributed by atoms with E-state index in [1.807, 2.05) is 62.5 Å². The van der Waals surface area contributed by atoms with Crippen LogP contribution >= 0.6 is 11.3 Å². The molecule has 5 heteroatoms. The van der Waals surface area contributed by atoms with Crippen LogP contribution in [0, 0.1) is 19.1 Å². The zero-order valence-corrected chi connectivity index (χ0v) is 28.0. The molecule has 0 saturated carbocycles. The molecule has 1 radical (unpaired) electrons. The Balaban J connectivity index is 0.000000200. The fourth-order valence-corrected chi connectivity index (χ4v) is 6.81. The number of rotatable bonds is 4. The van der Waals surface area contributed by atoms with Crippen LogP contribution in [0.5, 0.6) is 0 Å². The quantitative estimate of drug-likeness (QED) is 0.133. The number of fused-ring (bicyclic) bond motifs is 3. The topological polar surface area (TPSA) is 25.8 Å². The van der Waals surface area contributed by atoms with E-state index in [0.29, 0.717) is 0 Å². The van der Waals surface area contributed by atoms with E-state index in [1.165, 1.54) is 30.9 Å². The Kier molecular flexibility index (Phi) is 9.07. The maximum absolute atomic E-state index is 8.27. The smallest absolute Gasteiger partial charge is 0.0795 e. The summed E-state index contributed by atoms with van der Waals surface area (Å²) >= 11 is 1.79. The van der Waals surface area contributed by atoms with Crippen molar-refractivity contribution in [3.05, 3.63) is 115 Å². The molecule has 205 valence electrons. The number of hydrogen-bond donors (Lipinski definition) is 0. The van der Waals surface area contributed by atoms with Crippen LogP contribution in [0.1, 0.15) is 32.2 Å². The van der Waals surface area contributed by atoms with E-state index in [1.54, 1.807) is 17.5 Å². The van der Waals surface area contributed by atoms with Crippen LogP contribution in [0.25, 0.3) is 42.7 Å². The first-order valence-corrected chi connectivity index (χ1v) is 17.6. The van der Waals surface area contributed by atoms with Crippen molar-refractivity contribution >= 4 is 44.8 Å². The van der Waals surface area contributed by atoms with Crippen molar-refractivity contribution in [2.45, 2.75) is 46.3 Å². The van der Waals surface area contributed by atoms with Gasteiger partial charge < -0.3 is 9.97 Å². The molecule has 6 aromatic rings. The first-order valence-electron chi connectivity index (χ1n) is 13.7. The van der Waals surface area contributed by atoms with Gasteiger partial charge in [-0.2, -0.15) is 11.3 Å². The van der Waals surface area contributed by atoms with Crippen molar-refractivity contribution in [1.82, 2.24) is 9.97 Å². The molecule has 0 aliphatic rings. The van der Waals surface area contributed by atoms with Gasteiger partial charge in [-0.15, -0.1) is 59.7 Å². The fourth-order valence-electron chi connectivity index (χ4n) is 4.47. The van der Waals surface area contributed by atoms with Crippen molar-refractivity contribution < 1.29 is 21.5 Å². The van der Waals surface area contributed by atoms with E-state index in [-0.39, 0.29) is 20.1 Å². The number of aromatic nitrogens is 2. The van der Waals surface area contributed by atoms with Gasteiger partial charge in [-0.1, -0.05) is 74.8 Å². The minimum Gasteiger partial charge on any atom is -0.305 e. The van der Waals surface area contributed by atoms with Crippen LogP contribution in [-0.4, -0.2) is 18.0 Å². The first-order chi connectivity index (χ1) is 19.0. The molecule has 2 nitrogen and oxygen atoms in total. The van der Waals surface area contributed by atoms with Gasteiger partial charge in [0.1, 0.15) is 0 Å². The third-order valence-electron chi connectivity index (χ3n) is 6.80. The van der Waals surface area contributed by atoms with E-state index in [4.69, 9.17) is 1.37 Å². The molecule has 0 N–H and O–H groups in total. The van der Waals surface area contributed by atoms with Crippen molar-refractivity contribution in [2.24, 2.45) is 0 Å². The molecule has 3 aromatic heterocycles.